The summed E-state index contributed by atoms with van der Waals surface area (Å²) < 4.78 is 5.59. The summed E-state index contributed by atoms with van der Waals surface area (Å²) in [5.41, 5.74) is 2.74. The Labute approximate surface area is 80.7 Å². The maximum absolute atomic E-state index is 5.59. The molecule has 13 heavy (non-hydrogen) atoms. The quantitative estimate of drug-likeness (QED) is 0.592. The first kappa shape index (κ1) is 10.1. The van der Waals surface area contributed by atoms with Crippen LogP contribution in [0.4, 0.5) is 0 Å². The van der Waals surface area contributed by atoms with Gasteiger partial charge in [-0.3, -0.25) is 0 Å². The molecule has 1 atom stereocenters. The molecule has 0 fully saturated rings. The predicted octanol–water partition coefficient (Wildman–Crippen LogP) is 3.34. The second-order valence-corrected chi connectivity index (χ2v) is 3.18. The number of hydrogen-bond acceptors (Lipinski definition) is 1. The van der Waals surface area contributed by atoms with Gasteiger partial charge in [0.2, 0.25) is 0 Å². The summed E-state index contributed by atoms with van der Waals surface area (Å²) in [6, 6.07) is 6.23. The first-order valence-corrected chi connectivity index (χ1v) is 5.02. The molecule has 1 heterocycles. The van der Waals surface area contributed by atoms with Crippen LogP contribution in [0.2, 0.25) is 0 Å². The minimum atomic E-state index is 0.367. The molecule has 1 nitrogen and oxygen atoms in total. The fraction of sp³-hybridized carbons (Fsp3) is 0.500. The number of fused-ring (bicyclic) bond motifs is 1. The molecule has 1 unspecified atom stereocenters. The zero-order valence-corrected chi connectivity index (χ0v) is 8.92. The molecule has 72 valence electrons. The molecule has 0 saturated carbocycles. The lowest BCUT2D eigenvalue weighted by molar-refractivity contribution is 0.254. The summed E-state index contributed by atoms with van der Waals surface area (Å²) in [7, 11) is 0. The Morgan fingerprint density at radius 3 is 2.62 bits per heavy atom. The number of rotatable bonds is 0. The molecule has 0 radical (unpaired) electrons. The molecule has 1 aliphatic rings. The topological polar surface area (TPSA) is 9.23 Å². The Bertz CT molecular complexity index is 278. The molecular weight excluding hydrogens is 160 g/mol. The van der Waals surface area contributed by atoms with Gasteiger partial charge in [0.25, 0.3) is 0 Å². The zero-order chi connectivity index (χ0) is 9.84. The highest BCUT2D eigenvalue weighted by atomic mass is 16.5. The van der Waals surface area contributed by atoms with Gasteiger partial charge in [0.1, 0.15) is 11.9 Å². The van der Waals surface area contributed by atoms with Crippen molar-refractivity contribution in [3.8, 4) is 5.75 Å². The average Bonchev–Trinajstić information content (AvgIpc) is 2.51. The second-order valence-electron chi connectivity index (χ2n) is 3.18. The van der Waals surface area contributed by atoms with Gasteiger partial charge >= 0.3 is 0 Å². The molecule has 1 aromatic carbocycles. The molecule has 0 aliphatic carbocycles. The van der Waals surface area contributed by atoms with Gasteiger partial charge < -0.3 is 4.74 Å². The van der Waals surface area contributed by atoms with Crippen molar-refractivity contribution in [2.75, 3.05) is 0 Å². The highest BCUT2D eigenvalue weighted by Crippen LogP contribution is 2.30. The van der Waals surface area contributed by atoms with E-state index in [2.05, 4.69) is 19.9 Å². The van der Waals surface area contributed by atoms with Crippen LogP contribution < -0.4 is 4.74 Å². The summed E-state index contributed by atoms with van der Waals surface area (Å²) >= 11 is 0. The maximum Gasteiger partial charge on any atom is 0.123 e. The third kappa shape index (κ3) is 2.03. The van der Waals surface area contributed by atoms with Gasteiger partial charge in [0.05, 0.1) is 0 Å². The lowest BCUT2D eigenvalue weighted by atomic mass is 10.1. The van der Waals surface area contributed by atoms with Crippen molar-refractivity contribution in [3.05, 3.63) is 29.3 Å². The Hall–Kier alpha value is -0.980. The lowest BCUT2D eigenvalue weighted by Gasteiger charge is -2.01. The SMILES string of the molecule is CC.Cc1cccc2c1CC(C)O2. The number of benzene rings is 1. The first-order valence-electron chi connectivity index (χ1n) is 5.02. The maximum atomic E-state index is 5.59. The van der Waals surface area contributed by atoms with Crippen LogP contribution in [-0.4, -0.2) is 6.10 Å². The summed E-state index contributed by atoms with van der Waals surface area (Å²) in [4.78, 5) is 0. The van der Waals surface area contributed by atoms with E-state index in [0.717, 1.165) is 12.2 Å². The first-order chi connectivity index (χ1) is 6.27. The van der Waals surface area contributed by atoms with E-state index in [0.29, 0.717) is 6.10 Å². The molecule has 1 aromatic rings. The van der Waals surface area contributed by atoms with Gasteiger partial charge in [0.15, 0.2) is 0 Å². The Kier molecular flexibility index (Phi) is 3.35. The fourth-order valence-electron chi connectivity index (χ4n) is 1.59. The molecule has 0 spiro atoms. The Morgan fingerprint density at radius 2 is 2.00 bits per heavy atom. The van der Waals surface area contributed by atoms with Crippen molar-refractivity contribution in [3.63, 3.8) is 0 Å². The molecular formula is C12H18O. The fourth-order valence-corrected chi connectivity index (χ4v) is 1.59. The second kappa shape index (κ2) is 4.31. The zero-order valence-electron chi connectivity index (χ0n) is 8.92. The van der Waals surface area contributed by atoms with Crippen LogP contribution in [0.15, 0.2) is 18.2 Å². The summed E-state index contributed by atoms with van der Waals surface area (Å²) in [6.45, 7) is 8.25. The third-order valence-electron chi connectivity index (χ3n) is 2.19. The van der Waals surface area contributed by atoms with Gasteiger partial charge in [-0.2, -0.15) is 0 Å². The van der Waals surface area contributed by atoms with E-state index in [9.17, 15) is 0 Å². The minimum absolute atomic E-state index is 0.367. The molecule has 0 bridgehead atoms. The number of ether oxygens (including phenoxy) is 1. The van der Waals surface area contributed by atoms with E-state index in [-0.39, 0.29) is 0 Å². The smallest absolute Gasteiger partial charge is 0.123 e. The van der Waals surface area contributed by atoms with Crippen molar-refractivity contribution >= 4 is 0 Å². The van der Waals surface area contributed by atoms with E-state index in [1.807, 2.05) is 26.0 Å². The standard InChI is InChI=1S/C10H12O.C2H6/c1-7-4-3-5-10-9(7)6-8(2)11-10;1-2/h3-5,8H,6H2,1-2H3;1-2H3. The molecule has 1 heteroatoms. The van der Waals surface area contributed by atoms with Gasteiger partial charge in [0, 0.05) is 12.0 Å². The Balaban J connectivity index is 0.000000396. The van der Waals surface area contributed by atoms with Crippen LogP contribution in [0.3, 0.4) is 0 Å². The van der Waals surface area contributed by atoms with Gasteiger partial charge in [-0.25, -0.2) is 0 Å². The van der Waals surface area contributed by atoms with Crippen molar-refractivity contribution < 1.29 is 4.74 Å². The van der Waals surface area contributed by atoms with Gasteiger partial charge in [-0.05, 0) is 25.5 Å². The van der Waals surface area contributed by atoms with Crippen LogP contribution >= 0.6 is 0 Å². The largest absolute Gasteiger partial charge is 0.490 e. The monoisotopic (exact) mass is 178 g/mol. The normalized spacial score (nSPS) is 18.3. The van der Waals surface area contributed by atoms with E-state index < -0.39 is 0 Å². The predicted molar refractivity (Wildman–Crippen MR) is 56.3 cm³/mol. The molecule has 0 N–H and O–H groups in total. The molecule has 0 amide bonds. The van der Waals surface area contributed by atoms with Crippen LogP contribution in [0, 0.1) is 6.92 Å². The van der Waals surface area contributed by atoms with E-state index in [1.165, 1.54) is 11.1 Å². The minimum Gasteiger partial charge on any atom is -0.490 e. The molecule has 0 aromatic heterocycles. The number of hydrogen-bond donors (Lipinski definition) is 0. The van der Waals surface area contributed by atoms with Crippen LogP contribution in [0.1, 0.15) is 31.9 Å². The summed E-state index contributed by atoms with van der Waals surface area (Å²) in [6.07, 6.45) is 1.44. The van der Waals surface area contributed by atoms with Gasteiger partial charge in [-0.15, -0.1) is 0 Å². The van der Waals surface area contributed by atoms with E-state index in [1.54, 1.807) is 0 Å². The van der Waals surface area contributed by atoms with Crippen molar-refractivity contribution in [2.45, 2.75) is 40.2 Å². The molecule has 0 saturated heterocycles. The molecule has 1 aliphatic heterocycles. The van der Waals surface area contributed by atoms with Crippen LogP contribution in [-0.2, 0) is 6.42 Å². The van der Waals surface area contributed by atoms with Crippen LogP contribution in [0.25, 0.3) is 0 Å². The Morgan fingerprint density at radius 1 is 1.31 bits per heavy atom. The van der Waals surface area contributed by atoms with Crippen molar-refractivity contribution in [2.24, 2.45) is 0 Å². The lowest BCUT2D eigenvalue weighted by Crippen LogP contribution is -2.05. The summed E-state index contributed by atoms with van der Waals surface area (Å²) in [5, 5.41) is 0. The summed E-state index contributed by atoms with van der Waals surface area (Å²) in [5.74, 6) is 1.08. The van der Waals surface area contributed by atoms with E-state index in [4.69, 9.17) is 4.74 Å². The van der Waals surface area contributed by atoms with Crippen molar-refractivity contribution in [1.82, 2.24) is 0 Å². The van der Waals surface area contributed by atoms with Crippen molar-refractivity contribution in [1.29, 1.82) is 0 Å². The van der Waals surface area contributed by atoms with Gasteiger partial charge in [-0.1, -0.05) is 26.0 Å². The van der Waals surface area contributed by atoms with Crippen LogP contribution in [0.5, 0.6) is 5.75 Å². The molecule has 2 rings (SSSR count). The average molecular weight is 178 g/mol. The third-order valence-corrected chi connectivity index (χ3v) is 2.19. The van der Waals surface area contributed by atoms with E-state index >= 15 is 0 Å². The number of aryl methyl sites for hydroxylation is 1. The highest BCUT2D eigenvalue weighted by molar-refractivity contribution is 5.42. The highest BCUT2D eigenvalue weighted by Gasteiger charge is 2.19.